The number of fused-ring (bicyclic) bond motifs is 6. The van der Waals surface area contributed by atoms with Crippen LogP contribution in [0.4, 0.5) is 0 Å². The third-order valence-corrected chi connectivity index (χ3v) is 10.3. The minimum Gasteiger partial charge on any atom is -0.455 e. The van der Waals surface area contributed by atoms with Crippen molar-refractivity contribution in [2.24, 2.45) is 0 Å². The maximum Gasteiger partial charge on any atom is 0.143 e. The smallest absolute Gasteiger partial charge is 0.143 e. The molecule has 0 saturated carbocycles. The van der Waals surface area contributed by atoms with Crippen molar-refractivity contribution in [1.29, 1.82) is 5.26 Å². The average molecular weight is 657 g/mol. The van der Waals surface area contributed by atoms with Crippen LogP contribution >= 0.6 is 0 Å². The summed E-state index contributed by atoms with van der Waals surface area (Å²) in [5.41, 5.74) is 11.7. The minimum atomic E-state index is 0.194. The van der Waals surface area contributed by atoms with Crippen molar-refractivity contribution in [3.8, 4) is 22.9 Å². The van der Waals surface area contributed by atoms with E-state index in [4.69, 9.17) is 4.42 Å². The second kappa shape index (κ2) is 11.9. The van der Waals surface area contributed by atoms with Gasteiger partial charge in [-0.1, -0.05) is 115 Å². The monoisotopic (exact) mass is 656 g/mol. The maximum absolute atomic E-state index is 9.85. The van der Waals surface area contributed by atoms with E-state index < -0.39 is 0 Å². The quantitative estimate of drug-likeness (QED) is 0.160. The predicted octanol–water partition coefficient (Wildman–Crippen LogP) is 11.2. The molecule has 1 saturated heterocycles. The van der Waals surface area contributed by atoms with Gasteiger partial charge in [0, 0.05) is 45.9 Å². The Balaban J connectivity index is 1.05. The summed E-state index contributed by atoms with van der Waals surface area (Å²) in [6.45, 7) is 1.72. The van der Waals surface area contributed by atoms with Gasteiger partial charge in [-0.05, 0) is 70.8 Å². The predicted molar refractivity (Wildman–Crippen MR) is 205 cm³/mol. The standard InChI is InChI=1S/C46H32N4O/c47-28-33-18-24-42-40(26-33)41-27-35(37-15-9-16-39-38-14-7-8-17-44(38)51-45(37)39)21-25-43(41)50(42)36-22-19-34(20-23-36)46-48(29-31-10-3-1-4-11-31)49(46)30-32-12-5-2-6-13-32/h1-27,46H,29-30H2/t46?,48-,49+. The van der Waals surface area contributed by atoms with E-state index in [1.807, 2.05) is 24.3 Å². The molecule has 1 fully saturated rings. The molecule has 2 aromatic heterocycles. The van der Waals surface area contributed by atoms with E-state index in [1.165, 1.54) is 16.7 Å². The molecule has 0 radical (unpaired) electrons. The van der Waals surface area contributed by atoms with Crippen LogP contribution in [-0.4, -0.2) is 14.6 Å². The lowest BCUT2D eigenvalue weighted by atomic mass is 10.00. The van der Waals surface area contributed by atoms with Gasteiger partial charge in [-0.25, -0.2) is 10.0 Å². The number of benzene rings is 7. The number of para-hydroxylation sites is 2. The molecule has 1 unspecified atom stereocenters. The van der Waals surface area contributed by atoms with E-state index in [0.29, 0.717) is 5.56 Å². The van der Waals surface area contributed by atoms with Crippen molar-refractivity contribution in [3.63, 3.8) is 0 Å². The van der Waals surface area contributed by atoms with E-state index in [0.717, 1.165) is 73.6 Å². The fraction of sp³-hybridized carbons (Fsp3) is 0.0652. The highest BCUT2D eigenvalue weighted by Gasteiger charge is 2.45. The summed E-state index contributed by atoms with van der Waals surface area (Å²) in [5, 5.41) is 19.1. The molecule has 9 aromatic rings. The maximum atomic E-state index is 9.85. The summed E-state index contributed by atoms with van der Waals surface area (Å²) < 4.78 is 8.73. The Kier molecular flexibility index (Phi) is 6.85. The van der Waals surface area contributed by atoms with Gasteiger partial charge in [0.15, 0.2) is 0 Å². The fourth-order valence-electron chi connectivity index (χ4n) is 7.79. The van der Waals surface area contributed by atoms with Gasteiger partial charge in [0.1, 0.15) is 17.3 Å². The van der Waals surface area contributed by atoms with Crippen LogP contribution in [0.1, 0.15) is 28.4 Å². The zero-order valence-corrected chi connectivity index (χ0v) is 27.8. The number of rotatable bonds is 7. The normalized spacial score (nSPS) is 17.0. The Morgan fingerprint density at radius 1 is 0.549 bits per heavy atom. The first-order valence-electron chi connectivity index (χ1n) is 17.3. The number of furan rings is 1. The highest BCUT2D eigenvalue weighted by atomic mass is 16.3. The van der Waals surface area contributed by atoms with Crippen LogP contribution in [0.3, 0.4) is 0 Å². The van der Waals surface area contributed by atoms with Gasteiger partial charge in [-0.3, -0.25) is 0 Å². The fourth-order valence-corrected chi connectivity index (χ4v) is 7.79. The molecule has 7 aromatic carbocycles. The van der Waals surface area contributed by atoms with Crippen LogP contribution in [0.25, 0.3) is 60.6 Å². The summed E-state index contributed by atoms with van der Waals surface area (Å²) in [4.78, 5) is 0. The molecule has 0 spiro atoms. The number of hydrogen-bond donors (Lipinski definition) is 0. The van der Waals surface area contributed by atoms with Crippen molar-refractivity contribution >= 4 is 43.7 Å². The second-order valence-electron chi connectivity index (χ2n) is 13.3. The molecule has 242 valence electrons. The molecule has 10 rings (SSSR count). The molecule has 3 atom stereocenters. The molecule has 0 N–H and O–H groups in total. The van der Waals surface area contributed by atoms with Crippen LogP contribution in [0.15, 0.2) is 168 Å². The number of aromatic nitrogens is 1. The van der Waals surface area contributed by atoms with Crippen LogP contribution in [0.2, 0.25) is 0 Å². The van der Waals surface area contributed by atoms with Gasteiger partial charge >= 0.3 is 0 Å². The molecule has 0 amide bonds. The highest BCUT2D eigenvalue weighted by molar-refractivity contribution is 6.13. The van der Waals surface area contributed by atoms with Crippen LogP contribution < -0.4 is 0 Å². The lowest BCUT2D eigenvalue weighted by molar-refractivity contribution is 0.293. The largest absolute Gasteiger partial charge is 0.455 e. The van der Waals surface area contributed by atoms with Crippen LogP contribution in [0, 0.1) is 11.3 Å². The molecule has 1 aliphatic heterocycles. The van der Waals surface area contributed by atoms with Gasteiger partial charge in [0.05, 0.1) is 22.7 Å². The van der Waals surface area contributed by atoms with E-state index in [1.54, 1.807) is 0 Å². The van der Waals surface area contributed by atoms with E-state index in [-0.39, 0.29) is 6.17 Å². The van der Waals surface area contributed by atoms with E-state index in [2.05, 4.69) is 160 Å². The Bertz CT molecular complexity index is 2730. The first-order chi connectivity index (χ1) is 25.2. The van der Waals surface area contributed by atoms with Gasteiger partial charge < -0.3 is 8.98 Å². The van der Waals surface area contributed by atoms with Crippen molar-refractivity contribution in [2.75, 3.05) is 0 Å². The number of nitrogens with zero attached hydrogens (tertiary/aromatic N) is 4. The van der Waals surface area contributed by atoms with Crippen molar-refractivity contribution in [1.82, 2.24) is 14.6 Å². The average Bonchev–Trinajstić information content (AvgIpc) is 3.54. The lowest BCUT2D eigenvalue weighted by Crippen LogP contribution is -2.07. The Labute approximate surface area is 295 Å². The van der Waals surface area contributed by atoms with Crippen molar-refractivity contribution in [3.05, 3.63) is 186 Å². The second-order valence-corrected chi connectivity index (χ2v) is 13.3. The van der Waals surface area contributed by atoms with Crippen LogP contribution in [0.5, 0.6) is 0 Å². The topological polar surface area (TPSA) is 47.9 Å². The zero-order valence-electron chi connectivity index (χ0n) is 27.8. The Morgan fingerprint density at radius 3 is 1.88 bits per heavy atom. The molecule has 3 heterocycles. The molecule has 51 heavy (non-hydrogen) atoms. The van der Waals surface area contributed by atoms with E-state index in [9.17, 15) is 5.26 Å². The van der Waals surface area contributed by atoms with E-state index >= 15 is 0 Å². The van der Waals surface area contributed by atoms with Gasteiger partial charge in [0.2, 0.25) is 0 Å². The third-order valence-electron chi connectivity index (χ3n) is 10.3. The number of nitriles is 1. The molecule has 5 heteroatoms. The summed E-state index contributed by atoms with van der Waals surface area (Å²) in [7, 11) is 0. The highest BCUT2D eigenvalue weighted by Crippen LogP contribution is 2.45. The molecule has 0 bridgehead atoms. The lowest BCUT2D eigenvalue weighted by Gasteiger charge is -2.10. The van der Waals surface area contributed by atoms with Crippen molar-refractivity contribution in [2.45, 2.75) is 19.3 Å². The summed E-state index contributed by atoms with van der Waals surface area (Å²) in [5.74, 6) is 0. The summed E-state index contributed by atoms with van der Waals surface area (Å²) in [6.07, 6.45) is 0.194. The number of hydrogen-bond acceptors (Lipinski definition) is 4. The molecule has 0 aliphatic carbocycles. The summed E-state index contributed by atoms with van der Waals surface area (Å²) in [6, 6.07) is 59.9. The van der Waals surface area contributed by atoms with Gasteiger partial charge in [-0.15, -0.1) is 0 Å². The third kappa shape index (κ3) is 5.01. The van der Waals surface area contributed by atoms with Gasteiger partial charge in [-0.2, -0.15) is 5.26 Å². The molecule has 1 aliphatic rings. The zero-order chi connectivity index (χ0) is 33.9. The Morgan fingerprint density at radius 2 is 1.18 bits per heavy atom. The number of hydrazine groups is 1. The SMILES string of the molecule is N#Cc1ccc2c(c1)c1cc(-c3cccc4c3oc3ccccc34)ccc1n2-c1ccc(C2[N@@](Cc3ccccc3)[N@@]2Cc2ccccc2)cc1. The first kappa shape index (κ1) is 29.5. The van der Waals surface area contributed by atoms with Gasteiger partial charge in [0.25, 0.3) is 0 Å². The van der Waals surface area contributed by atoms with Crippen molar-refractivity contribution < 1.29 is 4.42 Å². The molecular formula is C46H32N4O. The Hall–Kier alpha value is -6.45. The molecule has 5 nitrogen and oxygen atoms in total. The summed E-state index contributed by atoms with van der Waals surface area (Å²) >= 11 is 0. The minimum absolute atomic E-state index is 0.194. The van der Waals surface area contributed by atoms with Crippen LogP contribution in [-0.2, 0) is 13.1 Å². The molecular weight excluding hydrogens is 625 g/mol. The first-order valence-corrected chi connectivity index (χ1v) is 17.3.